The van der Waals surface area contributed by atoms with Crippen molar-refractivity contribution in [2.45, 2.75) is 80.6 Å². The third-order valence-corrected chi connectivity index (χ3v) is 9.08. The van der Waals surface area contributed by atoms with Crippen LogP contribution in [0.5, 0.6) is 0 Å². The minimum atomic E-state index is -0.0719. The van der Waals surface area contributed by atoms with Crippen LogP contribution in [0.3, 0.4) is 0 Å². The van der Waals surface area contributed by atoms with Crippen molar-refractivity contribution >= 4 is 23.2 Å². The van der Waals surface area contributed by atoms with Gasteiger partial charge in [-0.3, -0.25) is 9.59 Å². The quantitative estimate of drug-likeness (QED) is 0.0798. The van der Waals surface area contributed by atoms with Crippen LogP contribution in [-0.2, 0) is 22.7 Å². The highest BCUT2D eigenvalue weighted by molar-refractivity contribution is 6.01. The molecule has 2 aliphatic rings. The summed E-state index contributed by atoms with van der Waals surface area (Å²) in [4.78, 5) is 36.8. The lowest BCUT2D eigenvalue weighted by atomic mass is 9.94. The first-order valence-electron chi connectivity index (χ1n) is 18.5. The van der Waals surface area contributed by atoms with E-state index in [1.807, 2.05) is 130 Å². The zero-order chi connectivity index (χ0) is 38.9. The van der Waals surface area contributed by atoms with Crippen LogP contribution < -0.4 is 9.80 Å². The smallest absolute Gasteiger partial charge is 0.229 e. The lowest BCUT2D eigenvalue weighted by Crippen LogP contribution is -2.34. The lowest BCUT2D eigenvalue weighted by molar-refractivity contribution is -0.122. The topological polar surface area (TPSA) is 107 Å². The average molecular weight is 720 g/mol. The number of hydrogen-bond donors (Lipinski definition) is 0. The molecule has 2 aliphatic heterocycles. The van der Waals surface area contributed by atoms with Gasteiger partial charge in [0.15, 0.2) is 0 Å². The van der Waals surface area contributed by atoms with Crippen molar-refractivity contribution in [3.63, 3.8) is 0 Å². The van der Waals surface area contributed by atoms with E-state index in [2.05, 4.69) is 64.5 Å². The third kappa shape index (κ3) is 8.74. The minimum Gasteiger partial charge on any atom is -0.328 e. The number of amides is 2. The summed E-state index contributed by atoms with van der Waals surface area (Å²) < 4.78 is 2.23. The second kappa shape index (κ2) is 17.6. The minimum absolute atomic E-state index is 0.0439. The van der Waals surface area contributed by atoms with E-state index >= 15 is 0 Å². The van der Waals surface area contributed by atoms with Gasteiger partial charge in [0.25, 0.3) is 0 Å². The van der Waals surface area contributed by atoms with Gasteiger partial charge < -0.3 is 14.4 Å². The van der Waals surface area contributed by atoms with Crippen molar-refractivity contribution in [3.8, 4) is 34.4 Å². The molecule has 0 saturated heterocycles. The van der Waals surface area contributed by atoms with Gasteiger partial charge in [-0.15, -0.1) is 0 Å². The molecule has 276 valence electrons. The molecule has 1 aromatic heterocycles. The van der Waals surface area contributed by atoms with Gasteiger partial charge in [0.2, 0.25) is 11.8 Å². The maximum absolute atomic E-state index is 13.1. The first kappa shape index (κ1) is 39.1. The van der Waals surface area contributed by atoms with Gasteiger partial charge in [-0.2, -0.15) is 0 Å². The molecule has 3 heterocycles. The molecule has 54 heavy (non-hydrogen) atoms. The van der Waals surface area contributed by atoms with Crippen LogP contribution in [0, 0.1) is 23.7 Å². The third-order valence-electron chi connectivity index (χ3n) is 9.08. The van der Waals surface area contributed by atoms with Crippen LogP contribution in [0.1, 0.15) is 83.7 Å². The Labute approximate surface area is 319 Å². The molecule has 0 atom stereocenters. The maximum Gasteiger partial charge on any atom is 0.229 e. The van der Waals surface area contributed by atoms with Crippen LogP contribution >= 0.6 is 0 Å². The summed E-state index contributed by atoms with van der Waals surface area (Å²) in [5.74, 6) is 6.56. The number of benzene rings is 4. The first-order valence-corrected chi connectivity index (χ1v) is 18.5. The number of rotatable bonds is 4. The molecule has 0 fully saturated rings. The fourth-order valence-electron chi connectivity index (χ4n) is 6.38. The number of carbonyl (C=O) groups is 2. The highest BCUT2D eigenvalue weighted by Gasteiger charge is 2.29. The van der Waals surface area contributed by atoms with Gasteiger partial charge in [0, 0.05) is 51.1 Å². The van der Waals surface area contributed by atoms with Crippen molar-refractivity contribution in [3.05, 3.63) is 136 Å². The maximum atomic E-state index is 13.1. The molecule has 0 unspecified atom stereocenters. The fraction of sp³-hybridized carbons (Fsp3) is 0.311. The average Bonchev–Trinajstić information content (AvgIpc) is 3.59. The van der Waals surface area contributed by atoms with Crippen molar-refractivity contribution in [1.82, 2.24) is 9.55 Å². The molecule has 0 saturated carbocycles. The summed E-state index contributed by atoms with van der Waals surface area (Å²) in [7, 11) is 0. The van der Waals surface area contributed by atoms with Crippen LogP contribution in [0.25, 0.3) is 33.0 Å². The number of carbonyl (C=O) groups excluding carboxylic acids is 2. The summed E-state index contributed by atoms with van der Waals surface area (Å²) in [6.45, 7) is 16.9. The second-order valence-corrected chi connectivity index (χ2v) is 14.5. The molecule has 2 amide bonds. The number of azide groups is 1. The second-order valence-electron chi connectivity index (χ2n) is 14.5. The number of fused-ring (bicyclic) bond motifs is 7. The molecular formula is C45H49N7O2. The Kier molecular flexibility index (Phi) is 12.8. The van der Waals surface area contributed by atoms with Gasteiger partial charge in [-0.1, -0.05) is 131 Å². The largest absolute Gasteiger partial charge is 0.328 e. The van der Waals surface area contributed by atoms with Crippen molar-refractivity contribution in [1.29, 1.82) is 0 Å². The molecule has 0 N–H and O–H groups in total. The normalized spacial score (nSPS) is 12.3. The number of para-hydroxylation sites is 2. The summed E-state index contributed by atoms with van der Waals surface area (Å²) in [6, 6.07) is 32.7. The van der Waals surface area contributed by atoms with Crippen LogP contribution in [0.4, 0.5) is 11.4 Å². The number of anilines is 2. The van der Waals surface area contributed by atoms with E-state index in [4.69, 9.17) is 10.5 Å². The molecule has 0 aliphatic carbocycles. The molecule has 9 heteroatoms. The van der Waals surface area contributed by atoms with Crippen LogP contribution in [-0.4, -0.2) is 27.4 Å². The molecule has 5 aromatic rings. The molecular weight excluding hydrogens is 671 g/mol. The molecule has 7 rings (SSSR count). The predicted molar refractivity (Wildman–Crippen MR) is 219 cm³/mol. The van der Waals surface area contributed by atoms with Crippen LogP contribution in [0.2, 0.25) is 0 Å². The van der Waals surface area contributed by atoms with Gasteiger partial charge >= 0.3 is 0 Å². The van der Waals surface area contributed by atoms with Gasteiger partial charge in [-0.05, 0) is 54.8 Å². The van der Waals surface area contributed by atoms with Crippen LogP contribution in [0.15, 0.2) is 109 Å². The predicted octanol–water partition coefficient (Wildman–Crippen LogP) is 10.6. The molecule has 0 bridgehead atoms. The molecule has 4 aromatic carbocycles. The lowest BCUT2D eigenvalue weighted by Gasteiger charge is -2.30. The highest BCUT2D eigenvalue weighted by atomic mass is 16.2. The SMILES string of the molecule is CC(C)C(=O)N1Cc2ccccc2-c2c(ncn2C(C)C)-c2ccccc21.CC(C)C(=O)N1Cc2ccccc2C#Cc2ccccc21.CC(C)N=[N+]=[N-]. The van der Waals surface area contributed by atoms with E-state index in [9.17, 15) is 9.59 Å². The zero-order valence-electron chi connectivity index (χ0n) is 32.5. The number of imidazole rings is 1. The van der Waals surface area contributed by atoms with Crippen molar-refractivity contribution < 1.29 is 9.59 Å². The Hall–Kier alpha value is -6.10. The summed E-state index contributed by atoms with van der Waals surface area (Å²) in [5.41, 5.74) is 17.9. The van der Waals surface area contributed by atoms with E-state index in [1.54, 1.807) is 0 Å². The highest BCUT2D eigenvalue weighted by Crippen LogP contribution is 2.42. The fourth-order valence-corrected chi connectivity index (χ4v) is 6.38. The van der Waals surface area contributed by atoms with Gasteiger partial charge in [-0.25, -0.2) is 4.98 Å². The number of aromatic nitrogens is 2. The standard InChI is InChI=1S/C23H25N3O.C19H17NO.C3H7N3/c1-15(2)23(27)25-13-17-9-5-6-10-18(17)22-21(24-14-26(22)16(3)4)19-11-7-8-12-20(19)25;1-14(2)19(21)20-13-17-9-4-3-7-15(17)11-12-16-8-5-6-10-18(16)20;1-3(2)5-6-4/h5-12,14-16H,13H2,1-4H3;3-10,14H,13H2,1-2H3;3H,1-2H3. The summed E-state index contributed by atoms with van der Waals surface area (Å²) in [6.07, 6.45) is 1.92. The van der Waals surface area contributed by atoms with E-state index in [0.29, 0.717) is 19.1 Å². The Balaban J connectivity index is 0.000000185. The Morgan fingerprint density at radius 1 is 0.667 bits per heavy atom. The number of hydrogen-bond acceptors (Lipinski definition) is 4. The molecule has 0 spiro atoms. The van der Waals surface area contributed by atoms with Crippen molar-refractivity contribution in [2.24, 2.45) is 17.0 Å². The van der Waals surface area contributed by atoms with Crippen molar-refractivity contribution in [2.75, 3.05) is 9.80 Å². The van der Waals surface area contributed by atoms with Gasteiger partial charge in [0.1, 0.15) is 0 Å². The van der Waals surface area contributed by atoms with E-state index in [-0.39, 0.29) is 29.7 Å². The molecule has 9 nitrogen and oxygen atoms in total. The van der Waals surface area contributed by atoms with E-state index in [0.717, 1.165) is 56.1 Å². The van der Waals surface area contributed by atoms with Gasteiger partial charge in [0.05, 0.1) is 42.2 Å². The first-order chi connectivity index (χ1) is 25.9. The Morgan fingerprint density at radius 2 is 1.17 bits per heavy atom. The monoisotopic (exact) mass is 719 g/mol. The summed E-state index contributed by atoms with van der Waals surface area (Å²) >= 11 is 0. The van der Waals surface area contributed by atoms with E-state index < -0.39 is 0 Å². The zero-order valence-corrected chi connectivity index (χ0v) is 32.5. The number of nitrogens with zero attached hydrogens (tertiary/aromatic N) is 7. The Bertz CT molecular complexity index is 2230. The Morgan fingerprint density at radius 3 is 1.76 bits per heavy atom. The molecule has 0 radical (unpaired) electrons. The summed E-state index contributed by atoms with van der Waals surface area (Å²) in [5, 5.41) is 3.31. The van der Waals surface area contributed by atoms with E-state index in [1.165, 1.54) is 0 Å².